The van der Waals surface area contributed by atoms with E-state index in [1.165, 1.54) is 25.4 Å². The molecule has 6 nitrogen and oxygen atoms in total. The maximum absolute atomic E-state index is 11.6. The minimum absolute atomic E-state index is 0.0901. The number of halogens is 1. The summed E-state index contributed by atoms with van der Waals surface area (Å²) in [6.45, 7) is 1.52. The van der Waals surface area contributed by atoms with Crippen molar-refractivity contribution >= 4 is 34.7 Å². The van der Waals surface area contributed by atoms with Crippen molar-refractivity contribution in [2.45, 2.75) is 70.2 Å². The van der Waals surface area contributed by atoms with E-state index in [9.17, 15) is 19.8 Å². The number of hydrogen-bond acceptors (Lipinski definition) is 7. The summed E-state index contributed by atoms with van der Waals surface area (Å²) in [6, 6.07) is 3.81. The Balaban J connectivity index is 1.91. The molecule has 1 unspecified atom stereocenters. The third-order valence-corrected chi connectivity index (χ3v) is 7.08. The minimum atomic E-state index is -0.637. The van der Waals surface area contributed by atoms with Crippen molar-refractivity contribution in [1.82, 2.24) is 0 Å². The third kappa shape index (κ3) is 10.1. The normalized spacial score (nSPS) is 24.0. The molecule has 0 spiro atoms. The molecule has 0 aliphatic heterocycles. The lowest BCUT2D eigenvalue weighted by Gasteiger charge is -2.22. The van der Waals surface area contributed by atoms with Crippen molar-refractivity contribution in [2.75, 3.05) is 13.7 Å². The fourth-order valence-electron chi connectivity index (χ4n) is 4.17. The van der Waals surface area contributed by atoms with Crippen LogP contribution in [0.2, 0.25) is 4.34 Å². The zero-order valence-electron chi connectivity index (χ0n) is 19.3. The van der Waals surface area contributed by atoms with Crippen molar-refractivity contribution in [3.8, 4) is 0 Å². The predicted octanol–water partition coefficient (Wildman–Crippen LogP) is 4.51. The number of esters is 1. The number of methoxy groups -OCH3 is 1. The van der Waals surface area contributed by atoms with Crippen molar-refractivity contribution in [3.05, 3.63) is 45.7 Å². The number of ether oxygens (including phenoxy) is 2. The van der Waals surface area contributed by atoms with Gasteiger partial charge in [-0.15, -0.1) is 11.3 Å². The number of hydrogen-bond donors (Lipinski definition) is 2. The molecule has 1 aromatic rings. The van der Waals surface area contributed by atoms with Crippen LogP contribution in [0.5, 0.6) is 0 Å². The molecular formula is C25H35ClO6S. The molecule has 1 saturated carbocycles. The molecular weight excluding hydrogens is 464 g/mol. The molecule has 0 amide bonds. The molecule has 1 aliphatic carbocycles. The van der Waals surface area contributed by atoms with E-state index in [2.05, 4.69) is 0 Å². The summed E-state index contributed by atoms with van der Waals surface area (Å²) in [5.41, 5.74) is 0. The predicted molar refractivity (Wildman–Crippen MR) is 130 cm³/mol. The SMILES string of the molecule is COCC(=O)CCC/C=C\C[C@@H]1[C@@H](/C=C/C(O)CCc2ccc(Cl)s2)[C@H](OC(C)=O)C[C@@H]1O. The molecule has 184 valence electrons. The van der Waals surface area contributed by atoms with Gasteiger partial charge in [-0.05, 0) is 50.2 Å². The summed E-state index contributed by atoms with van der Waals surface area (Å²) in [5, 5.41) is 21.0. The summed E-state index contributed by atoms with van der Waals surface area (Å²) in [7, 11) is 1.51. The van der Waals surface area contributed by atoms with Crippen LogP contribution in [0.4, 0.5) is 0 Å². The maximum Gasteiger partial charge on any atom is 0.302 e. The van der Waals surface area contributed by atoms with Gasteiger partial charge in [0.1, 0.15) is 12.7 Å². The number of thiophene rings is 1. The largest absolute Gasteiger partial charge is 0.462 e. The van der Waals surface area contributed by atoms with Crippen molar-refractivity contribution < 1.29 is 29.3 Å². The second-order valence-corrected chi connectivity index (χ2v) is 10.3. The van der Waals surface area contributed by atoms with Gasteiger partial charge in [-0.1, -0.05) is 35.9 Å². The van der Waals surface area contributed by atoms with E-state index in [1.54, 1.807) is 6.08 Å². The molecule has 2 rings (SSSR count). The summed E-state index contributed by atoms with van der Waals surface area (Å²) in [5.74, 6) is -0.576. The van der Waals surface area contributed by atoms with E-state index in [0.29, 0.717) is 25.7 Å². The summed E-state index contributed by atoms with van der Waals surface area (Å²) in [6.07, 6.45) is 10.3. The quantitative estimate of drug-likeness (QED) is 0.223. The fourth-order valence-corrected chi connectivity index (χ4v) is 5.28. The number of carbonyl (C=O) groups excluding carboxylic acids is 2. The summed E-state index contributed by atoms with van der Waals surface area (Å²) < 4.78 is 11.0. The van der Waals surface area contributed by atoms with Crippen LogP contribution in [0.15, 0.2) is 36.4 Å². The number of Topliss-reactive ketones (excluding diaryl/α,β-unsaturated/α-hetero) is 1. The second kappa shape index (κ2) is 14.7. The average Bonchev–Trinajstić information content (AvgIpc) is 3.29. The Labute approximate surface area is 205 Å². The molecule has 0 radical (unpaired) electrons. The number of aryl methyl sites for hydroxylation is 1. The van der Waals surface area contributed by atoms with E-state index in [-0.39, 0.29) is 30.2 Å². The molecule has 1 aromatic heterocycles. The van der Waals surface area contributed by atoms with Gasteiger partial charge in [0.15, 0.2) is 5.78 Å². The highest BCUT2D eigenvalue weighted by Crippen LogP contribution is 2.38. The van der Waals surface area contributed by atoms with Crippen LogP contribution >= 0.6 is 22.9 Å². The van der Waals surface area contributed by atoms with Crippen molar-refractivity contribution in [1.29, 1.82) is 0 Å². The van der Waals surface area contributed by atoms with Crippen LogP contribution in [-0.4, -0.2) is 54.0 Å². The Bertz CT molecular complexity index is 805. The highest BCUT2D eigenvalue weighted by Gasteiger charge is 2.42. The lowest BCUT2D eigenvalue weighted by molar-refractivity contribution is -0.147. The maximum atomic E-state index is 11.6. The number of rotatable bonds is 14. The first-order chi connectivity index (χ1) is 15.8. The summed E-state index contributed by atoms with van der Waals surface area (Å²) in [4.78, 5) is 24.2. The number of allylic oxidation sites excluding steroid dienone is 2. The Hall–Kier alpha value is -1.51. The van der Waals surface area contributed by atoms with Crippen LogP contribution in [0, 0.1) is 11.8 Å². The number of unbranched alkanes of at least 4 members (excludes halogenated alkanes) is 1. The van der Waals surface area contributed by atoms with E-state index in [0.717, 1.165) is 28.5 Å². The number of ketones is 1. The van der Waals surface area contributed by atoms with Crippen molar-refractivity contribution in [2.24, 2.45) is 11.8 Å². The van der Waals surface area contributed by atoms with Gasteiger partial charge in [0, 0.05) is 37.7 Å². The van der Waals surface area contributed by atoms with Gasteiger partial charge in [0.2, 0.25) is 0 Å². The van der Waals surface area contributed by atoms with Crippen LogP contribution in [0.3, 0.4) is 0 Å². The lowest BCUT2D eigenvalue weighted by Crippen LogP contribution is -2.24. The van der Waals surface area contributed by atoms with E-state index < -0.39 is 18.3 Å². The first-order valence-electron chi connectivity index (χ1n) is 11.4. The smallest absolute Gasteiger partial charge is 0.302 e. The van der Waals surface area contributed by atoms with E-state index >= 15 is 0 Å². The van der Waals surface area contributed by atoms with Gasteiger partial charge < -0.3 is 19.7 Å². The second-order valence-electron chi connectivity index (χ2n) is 8.46. The van der Waals surface area contributed by atoms with Crippen LogP contribution in [0.1, 0.15) is 50.3 Å². The Morgan fingerprint density at radius 3 is 2.79 bits per heavy atom. The third-order valence-electron chi connectivity index (χ3n) is 5.79. The highest BCUT2D eigenvalue weighted by molar-refractivity contribution is 7.16. The lowest BCUT2D eigenvalue weighted by atomic mass is 9.89. The molecule has 1 heterocycles. The van der Waals surface area contributed by atoms with Gasteiger partial charge in [-0.3, -0.25) is 9.59 Å². The molecule has 1 aliphatic rings. The number of aliphatic hydroxyl groups is 2. The first-order valence-corrected chi connectivity index (χ1v) is 12.6. The molecule has 0 saturated heterocycles. The molecule has 0 bridgehead atoms. The average molecular weight is 499 g/mol. The molecule has 2 N–H and O–H groups in total. The zero-order valence-corrected chi connectivity index (χ0v) is 20.9. The fraction of sp³-hybridized carbons (Fsp3) is 0.600. The molecule has 5 atom stereocenters. The number of aliphatic hydroxyl groups excluding tert-OH is 2. The van der Waals surface area contributed by atoms with E-state index in [1.807, 2.05) is 30.4 Å². The van der Waals surface area contributed by atoms with E-state index in [4.69, 9.17) is 21.1 Å². The van der Waals surface area contributed by atoms with Gasteiger partial charge in [-0.25, -0.2) is 0 Å². The van der Waals surface area contributed by atoms with Crippen LogP contribution in [-0.2, 0) is 25.5 Å². The Kier molecular flexibility index (Phi) is 12.3. The monoisotopic (exact) mass is 498 g/mol. The van der Waals surface area contributed by atoms with Gasteiger partial charge in [0.25, 0.3) is 0 Å². The Morgan fingerprint density at radius 1 is 1.33 bits per heavy atom. The van der Waals surface area contributed by atoms with Crippen LogP contribution < -0.4 is 0 Å². The molecule has 1 fully saturated rings. The van der Waals surface area contributed by atoms with Gasteiger partial charge >= 0.3 is 5.97 Å². The first kappa shape index (κ1) is 27.7. The van der Waals surface area contributed by atoms with Crippen molar-refractivity contribution in [3.63, 3.8) is 0 Å². The molecule has 33 heavy (non-hydrogen) atoms. The minimum Gasteiger partial charge on any atom is -0.462 e. The topological polar surface area (TPSA) is 93.1 Å². The molecule has 0 aromatic carbocycles. The summed E-state index contributed by atoms with van der Waals surface area (Å²) >= 11 is 7.46. The zero-order chi connectivity index (χ0) is 24.2. The molecule has 8 heteroatoms. The standard InChI is InChI=1S/C25H35ClO6S/c1-17(27)32-24-15-23(30)21(8-6-4-3-5-7-19(29)16-31-2)22(24)13-10-18(28)9-11-20-12-14-25(26)33-20/h4,6,10,12-14,18,21-24,28,30H,3,5,7-9,11,15-16H2,1-2H3/b6-4-,13-10+/t18?,21-,22-,23+,24-/m1/s1. The highest BCUT2D eigenvalue weighted by atomic mass is 35.5. The van der Waals surface area contributed by atoms with Gasteiger partial charge in [-0.2, -0.15) is 0 Å². The van der Waals surface area contributed by atoms with Gasteiger partial charge in [0.05, 0.1) is 16.5 Å². The van der Waals surface area contributed by atoms with Crippen LogP contribution in [0.25, 0.3) is 0 Å². The Morgan fingerprint density at radius 2 is 2.12 bits per heavy atom. The number of carbonyl (C=O) groups is 2.